The zero-order valence-electron chi connectivity index (χ0n) is 14.7. The molecule has 0 saturated carbocycles. The molecule has 0 spiro atoms. The highest BCUT2D eigenvalue weighted by Crippen LogP contribution is 2.31. The Kier molecular flexibility index (Phi) is 5.98. The summed E-state index contributed by atoms with van der Waals surface area (Å²) in [6.07, 6.45) is -4.39. The van der Waals surface area contributed by atoms with Crippen LogP contribution in [0.1, 0.15) is 27.4 Å². The Morgan fingerprint density at radius 1 is 1.07 bits per heavy atom. The summed E-state index contributed by atoms with van der Waals surface area (Å²) in [7, 11) is 0. The predicted octanol–water partition coefficient (Wildman–Crippen LogP) is 4.24. The van der Waals surface area contributed by atoms with Crippen molar-refractivity contribution >= 4 is 5.91 Å². The number of aromatic nitrogens is 1. The van der Waals surface area contributed by atoms with Crippen molar-refractivity contribution in [1.82, 2.24) is 10.5 Å². The molecule has 8 heteroatoms. The Morgan fingerprint density at radius 2 is 1.79 bits per heavy atom. The fourth-order valence-electron chi connectivity index (χ4n) is 2.58. The third-order valence-electron chi connectivity index (χ3n) is 3.92. The maximum atomic E-state index is 13.0. The molecular weight excluding hydrogens is 373 g/mol. The second-order valence-corrected chi connectivity index (χ2v) is 5.94. The van der Waals surface area contributed by atoms with Crippen LogP contribution in [-0.4, -0.2) is 17.6 Å². The molecule has 1 aromatic heterocycles. The van der Waals surface area contributed by atoms with Crippen molar-refractivity contribution in [3.05, 3.63) is 83.2 Å². The highest BCUT2D eigenvalue weighted by atomic mass is 19.4. The van der Waals surface area contributed by atoms with Crippen LogP contribution in [0.4, 0.5) is 13.2 Å². The Morgan fingerprint density at radius 3 is 2.54 bits per heavy atom. The molecule has 3 rings (SSSR count). The van der Waals surface area contributed by atoms with E-state index in [4.69, 9.17) is 9.26 Å². The van der Waals surface area contributed by atoms with Gasteiger partial charge in [-0.05, 0) is 30.2 Å². The first-order chi connectivity index (χ1) is 13.4. The largest absolute Gasteiger partial charge is 0.486 e. The summed E-state index contributed by atoms with van der Waals surface area (Å²) < 4.78 is 49.5. The molecule has 0 aliphatic rings. The number of carbonyl (C=O) groups excluding carboxylic acids is 1. The van der Waals surface area contributed by atoms with Gasteiger partial charge in [0.05, 0.1) is 5.56 Å². The zero-order chi connectivity index (χ0) is 20.0. The predicted molar refractivity (Wildman–Crippen MR) is 94.8 cm³/mol. The van der Waals surface area contributed by atoms with Gasteiger partial charge in [-0.2, -0.15) is 13.2 Å². The minimum atomic E-state index is -4.43. The molecule has 146 valence electrons. The van der Waals surface area contributed by atoms with Crippen molar-refractivity contribution in [2.45, 2.75) is 19.2 Å². The molecule has 0 fully saturated rings. The molecule has 0 atom stereocenters. The van der Waals surface area contributed by atoms with Crippen molar-refractivity contribution in [1.29, 1.82) is 0 Å². The molecule has 0 aliphatic carbocycles. The highest BCUT2D eigenvalue weighted by Gasteiger charge is 2.32. The van der Waals surface area contributed by atoms with Gasteiger partial charge < -0.3 is 14.6 Å². The van der Waals surface area contributed by atoms with E-state index in [9.17, 15) is 18.0 Å². The van der Waals surface area contributed by atoms with Gasteiger partial charge in [-0.1, -0.05) is 41.6 Å². The number of hydrogen-bond donors (Lipinski definition) is 1. The van der Waals surface area contributed by atoms with Crippen LogP contribution in [-0.2, 0) is 19.2 Å². The first-order valence-corrected chi connectivity index (χ1v) is 8.50. The molecule has 0 bridgehead atoms. The van der Waals surface area contributed by atoms with Crippen LogP contribution in [0.3, 0.4) is 0 Å². The fourth-order valence-corrected chi connectivity index (χ4v) is 2.58. The van der Waals surface area contributed by atoms with E-state index in [-0.39, 0.29) is 30.8 Å². The number of nitrogens with one attached hydrogen (secondary N) is 1. The molecule has 5 nitrogen and oxygen atoms in total. The van der Waals surface area contributed by atoms with Gasteiger partial charge in [0.2, 0.25) is 0 Å². The minimum Gasteiger partial charge on any atom is -0.486 e. The number of benzene rings is 2. The van der Waals surface area contributed by atoms with E-state index in [1.54, 1.807) is 12.1 Å². The topological polar surface area (TPSA) is 64.4 Å². The van der Waals surface area contributed by atoms with Gasteiger partial charge in [0.15, 0.2) is 11.5 Å². The number of nitrogens with zero attached hydrogens (tertiary/aromatic N) is 1. The molecule has 0 saturated heterocycles. The number of rotatable bonds is 7. The van der Waals surface area contributed by atoms with E-state index in [2.05, 4.69) is 10.5 Å². The van der Waals surface area contributed by atoms with E-state index >= 15 is 0 Å². The monoisotopic (exact) mass is 390 g/mol. The summed E-state index contributed by atoms with van der Waals surface area (Å²) >= 11 is 0. The Bertz CT molecular complexity index is 924. The SMILES string of the molecule is O=C(NCCc1ccccc1C(F)(F)F)c1cc(COc2ccccc2)on1. The summed E-state index contributed by atoms with van der Waals surface area (Å²) in [5.41, 5.74) is -0.547. The maximum Gasteiger partial charge on any atom is 0.416 e. The maximum absolute atomic E-state index is 13.0. The molecule has 28 heavy (non-hydrogen) atoms. The van der Waals surface area contributed by atoms with Gasteiger partial charge >= 0.3 is 6.18 Å². The zero-order valence-corrected chi connectivity index (χ0v) is 14.7. The molecule has 1 amide bonds. The molecule has 2 aromatic carbocycles. The lowest BCUT2D eigenvalue weighted by Crippen LogP contribution is -2.26. The van der Waals surface area contributed by atoms with E-state index in [0.717, 1.165) is 6.07 Å². The van der Waals surface area contributed by atoms with Crippen LogP contribution >= 0.6 is 0 Å². The van der Waals surface area contributed by atoms with Crippen LogP contribution < -0.4 is 10.1 Å². The first kappa shape index (κ1) is 19.5. The molecule has 0 aliphatic heterocycles. The van der Waals surface area contributed by atoms with Crippen molar-refractivity contribution in [2.75, 3.05) is 6.54 Å². The molecule has 1 N–H and O–H groups in total. The van der Waals surface area contributed by atoms with Crippen LogP contribution in [0.15, 0.2) is 65.2 Å². The number of alkyl halides is 3. The summed E-state index contributed by atoms with van der Waals surface area (Å²) in [6, 6.07) is 15.8. The normalized spacial score (nSPS) is 11.2. The van der Waals surface area contributed by atoms with Crippen molar-refractivity contribution in [3.63, 3.8) is 0 Å². The Labute approximate surface area is 159 Å². The number of ether oxygens (including phenoxy) is 1. The van der Waals surface area contributed by atoms with Crippen molar-refractivity contribution in [3.8, 4) is 5.75 Å². The number of para-hydroxylation sites is 1. The highest BCUT2D eigenvalue weighted by molar-refractivity contribution is 5.92. The van der Waals surface area contributed by atoms with Crippen LogP contribution in [0.25, 0.3) is 0 Å². The van der Waals surface area contributed by atoms with Gasteiger partial charge in [0.1, 0.15) is 12.4 Å². The summed E-state index contributed by atoms with van der Waals surface area (Å²) in [4.78, 5) is 12.1. The van der Waals surface area contributed by atoms with Crippen LogP contribution in [0.5, 0.6) is 5.75 Å². The molecule has 0 unspecified atom stereocenters. The van der Waals surface area contributed by atoms with Gasteiger partial charge in [-0.3, -0.25) is 4.79 Å². The van der Waals surface area contributed by atoms with Gasteiger partial charge in [-0.25, -0.2) is 0 Å². The van der Waals surface area contributed by atoms with Gasteiger partial charge in [0.25, 0.3) is 5.91 Å². The van der Waals surface area contributed by atoms with Crippen LogP contribution in [0.2, 0.25) is 0 Å². The van der Waals surface area contributed by atoms with E-state index in [1.807, 2.05) is 18.2 Å². The fraction of sp³-hybridized carbons (Fsp3) is 0.200. The van der Waals surface area contributed by atoms with E-state index in [0.29, 0.717) is 11.5 Å². The average Bonchev–Trinajstić information content (AvgIpc) is 3.16. The quantitative estimate of drug-likeness (QED) is 0.655. The van der Waals surface area contributed by atoms with Crippen LogP contribution in [0, 0.1) is 0 Å². The summed E-state index contributed by atoms with van der Waals surface area (Å²) in [5, 5.41) is 6.21. The van der Waals surface area contributed by atoms with E-state index in [1.165, 1.54) is 24.3 Å². The number of halogens is 3. The lowest BCUT2D eigenvalue weighted by molar-refractivity contribution is -0.138. The molecule has 3 aromatic rings. The summed E-state index contributed by atoms with van der Waals surface area (Å²) in [5.74, 6) is 0.476. The van der Waals surface area contributed by atoms with Crippen molar-refractivity contribution in [2.24, 2.45) is 0 Å². The molecular formula is C20H17F3N2O3. The van der Waals surface area contributed by atoms with Gasteiger partial charge in [-0.15, -0.1) is 0 Å². The third-order valence-corrected chi connectivity index (χ3v) is 3.92. The standard InChI is InChI=1S/C20H17F3N2O3/c21-20(22,23)17-9-5-4-6-14(17)10-11-24-19(26)18-12-16(28-25-18)13-27-15-7-2-1-3-8-15/h1-9,12H,10-11,13H2,(H,24,26). The number of amides is 1. The number of hydrogen-bond acceptors (Lipinski definition) is 4. The third kappa shape index (κ3) is 5.12. The smallest absolute Gasteiger partial charge is 0.416 e. The van der Waals surface area contributed by atoms with Gasteiger partial charge in [0, 0.05) is 12.6 Å². The second kappa shape index (κ2) is 8.60. The summed E-state index contributed by atoms with van der Waals surface area (Å²) in [6.45, 7) is 0.137. The lowest BCUT2D eigenvalue weighted by Gasteiger charge is -2.12. The first-order valence-electron chi connectivity index (χ1n) is 8.50. The number of carbonyl (C=O) groups is 1. The van der Waals surface area contributed by atoms with E-state index < -0.39 is 17.6 Å². The minimum absolute atomic E-state index is 0.0363. The molecule has 1 heterocycles. The molecule has 0 radical (unpaired) electrons. The Balaban J connectivity index is 1.52. The second-order valence-electron chi connectivity index (χ2n) is 5.94. The Hall–Kier alpha value is -3.29. The van der Waals surface area contributed by atoms with Crippen molar-refractivity contribution < 1.29 is 27.2 Å². The lowest BCUT2D eigenvalue weighted by atomic mass is 10.0. The average molecular weight is 390 g/mol.